The van der Waals surface area contributed by atoms with Crippen LogP contribution >= 0.6 is 0 Å². The van der Waals surface area contributed by atoms with Crippen molar-refractivity contribution in [1.82, 2.24) is 4.90 Å². The van der Waals surface area contributed by atoms with Gasteiger partial charge in [-0.2, -0.15) is 0 Å². The van der Waals surface area contributed by atoms with E-state index in [4.69, 9.17) is 0 Å². The van der Waals surface area contributed by atoms with Crippen molar-refractivity contribution in [2.45, 2.75) is 51.6 Å². The van der Waals surface area contributed by atoms with E-state index < -0.39 is 0 Å². The zero-order chi connectivity index (χ0) is 11.3. The molecule has 1 aliphatic rings. The molecule has 1 unspecified atom stereocenters. The molecule has 1 atom stereocenters. The van der Waals surface area contributed by atoms with Crippen LogP contribution in [0.5, 0.6) is 0 Å². The summed E-state index contributed by atoms with van der Waals surface area (Å²) in [6, 6.07) is 0. The van der Waals surface area contributed by atoms with Crippen molar-refractivity contribution in [2.24, 2.45) is 11.8 Å². The molecule has 0 spiro atoms. The summed E-state index contributed by atoms with van der Waals surface area (Å²) in [7, 11) is 4.14. The van der Waals surface area contributed by atoms with E-state index in [0.717, 1.165) is 18.9 Å². The van der Waals surface area contributed by atoms with E-state index in [1.165, 1.54) is 32.1 Å². The van der Waals surface area contributed by atoms with Gasteiger partial charge in [-0.1, -0.05) is 26.2 Å². The summed E-state index contributed by atoms with van der Waals surface area (Å²) in [6.45, 7) is 3.29. The monoisotopic (exact) mass is 213 g/mol. The maximum atomic E-state index is 10.1. The van der Waals surface area contributed by atoms with Crippen LogP contribution in [0.3, 0.4) is 0 Å². The summed E-state index contributed by atoms with van der Waals surface area (Å²) < 4.78 is 0. The van der Waals surface area contributed by atoms with Crippen LogP contribution in [0.2, 0.25) is 0 Å². The maximum absolute atomic E-state index is 10.1. The fourth-order valence-corrected chi connectivity index (χ4v) is 2.61. The second-order valence-corrected chi connectivity index (χ2v) is 5.35. The Hall–Kier alpha value is -0.0800. The summed E-state index contributed by atoms with van der Waals surface area (Å²) in [5, 5.41) is 10.1. The molecule has 0 heterocycles. The van der Waals surface area contributed by atoms with Gasteiger partial charge in [-0.05, 0) is 51.7 Å². The van der Waals surface area contributed by atoms with Gasteiger partial charge in [0.15, 0.2) is 0 Å². The van der Waals surface area contributed by atoms with Crippen LogP contribution in [0.4, 0.5) is 0 Å². The van der Waals surface area contributed by atoms with Crippen LogP contribution in [0.1, 0.15) is 45.4 Å². The summed E-state index contributed by atoms with van der Waals surface area (Å²) in [4.78, 5) is 2.15. The molecule has 1 fully saturated rings. The molecule has 0 aromatic rings. The van der Waals surface area contributed by atoms with E-state index in [0.29, 0.717) is 5.92 Å². The van der Waals surface area contributed by atoms with Crippen LogP contribution in [0.15, 0.2) is 0 Å². The number of hydrogen-bond donors (Lipinski definition) is 1. The molecule has 90 valence electrons. The highest BCUT2D eigenvalue weighted by Crippen LogP contribution is 2.33. The van der Waals surface area contributed by atoms with Crippen molar-refractivity contribution in [3.8, 4) is 0 Å². The first-order valence-corrected chi connectivity index (χ1v) is 6.46. The molecule has 0 aromatic heterocycles. The van der Waals surface area contributed by atoms with Gasteiger partial charge in [0.2, 0.25) is 0 Å². The van der Waals surface area contributed by atoms with Crippen molar-refractivity contribution in [1.29, 1.82) is 0 Å². The van der Waals surface area contributed by atoms with Gasteiger partial charge in [0, 0.05) is 0 Å². The Morgan fingerprint density at radius 3 is 2.27 bits per heavy atom. The molecule has 15 heavy (non-hydrogen) atoms. The zero-order valence-electron chi connectivity index (χ0n) is 10.6. The average Bonchev–Trinajstić information content (AvgIpc) is 2.26. The second kappa shape index (κ2) is 6.49. The summed E-state index contributed by atoms with van der Waals surface area (Å²) in [5.74, 6) is 1.51. The largest absolute Gasteiger partial charge is 0.393 e. The highest BCUT2D eigenvalue weighted by atomic mass is 16.3. The zero-order valence-corrected chi connectivity index (χ0v) is 10.6. The van der Waals surface area contributed by atoms with Gasteiger partial charge in [-0.3, -0.25) is 0 Å². The minimum absolute atomic E-state index is 0.0646. The second-order valence-electron chi connectivity index (χ2n) is 5.35. The molecule has 2 nitrogen and oxygen atoms in total. The van der Waals surface area contributed by atoms with Crippen LogP contribution in [-0.2, 0) is 0 Å². The van der Waals surface area contributed by atoms with Gasteiger partial charge in [-0.15, -0.1) is 0 Å². The molecule has 1 rings (SSSR count). The number of nitrogens with zero attached hydrogens (tertiary/aromatic N) is 1. The van der Waals surface area contributed by atoms with Gasteiger partial charge in [0.05, 0.1) is 6.10 Å². The maximum Gasteiger partial charge on any atom is 0.0580 e. The van der Waals surface area contributed by atoms with Crippen molar-refractivity contribution in [3.05, 3.63) is 0 Å². The standard InChI is InChI=1S/C13H27NO/c1-4-11-5-7-12(8-6-11)13(15)9-10-14(2)3/h11-13,15H,4-10H2,1-3H3. The predicted molar refractivity (Wildman–Crippen MR) is 64.9 cm³/mol. The Labute approximate surface area is 94.7 Å². The highest BCUT2D eigenvalue weighted by Gasteiger charge is 2.25. The third-order valence-electron chi connectivity index (χ3n) is 3.88. The molecule has 0 radical (unpaired) electrons. The van der Waals surface area contributed by atoms with Gasteiger partial charge in [0.1, 0.15) is 0 Å². The lowest BCUT2D eigenvalue weighted by atomic mass is 9.78. The lowest BCUT2D eigenvalue weighted by Gasteiger charge is -2.31. The number of aliphatic hydroxyl groups is 1. The first-order chi connectivity index (χ1) is 7.13. The van der Waals surface area contributed by atoms with Crippen LogP contribution in [-0.4, -0.2) is 36.8 Å². The van der Waals surface area contributed by atoms with E-state index in [9.17, 15) is 5.11 Å². The summed E-state index contributed by atoms with van der Waals surface area (Å²) >= 11 is 0. The van der Waals surface area contributed by atoms with Crippen molar-refractivity contribution >= 4 is 0 Å². The molecule has 0 aromatic carbocycles. The van der Waals surface area contributed by atoms with Gasteiger partial charge in [-0.25, -0.2) is 0 Å². The Bertz CT molecular complexity index is 162. The first kappa shape index (κ1) is 13.0. The third-order valence-corrected chi connectivity index (χ3v) is 3.88. The fraction of sp³-hybridized carbons (Fsp3) is 1.00. The molecule has 1 aliphatic carbocycles. The minimum atomic E-state index is -0.0646. The van der Waals surface area contributed by atoms with E-state index in [1.807, 2.05) is 0 Å². The SMILES string of the molecule is CCC1CCC(C(O)CCN(C)C)CC1. The number of aliphatic hydroxyl groups excluding tert-OH is 1. The number of hydrogen-bond acceptors (Lipinski definition) is 2. The Kier molecular flexibility index (Phi) is 5.62. The molecule has 0 aliphatic heterocycles. The van der Waals surface area contributed by atoms with Crippen LogP contribution < -0.4 is 0 Å². The smallest absolute Gasteiger partial charge is 0.0580 e. The molecule has 1 saturated carbocycles. The summed E-state index contributed by atoms with van der Waals surface area (Å²) in [5.41, 5.74) is 0. The third kappa shape index (κ3) is 4.52. The Morgan fingerprint density at radius 2 is 1.80 bits per heavy atom. The lowest BCUT2D eigenvalue weighted by molar-refractivity contribution is 0.0607. The normalized spacial score (nSPS) is 29.4. The predicted octanol–water partition coefficient (Wildman–Crippen LogP) is 2.52. The lowest BCUT2D eigenvalue weighted by Crippen LogP contribution is -2.28. The Morgan fingerprint density at radius 1 is 1.20 bits per heavy atom. The first-order valence-electron chi connectivity index (χ1n) is 6.46. The van der Waals surface area contributed by atoms with Gasteiger partial charge < -0.3 is 10.0 Å². The van der Waals surface area contributed by atoms with E-state index in [2.05, 4.69) is 25.9 Å². The van der Waals surface area contributed by atoms with Gasteiger partial charge >= 0.3 is 0 Å². The van der Waals surface area contributed by atoms with E-state index >= 15 is 0 Å². The molecule has 0 saturated heterocycles. The fourth-order valence-electron chi connectivity index (χ4n) is 2.61. The van der Waals surface area contributed by atoms with Crippen molar-refractivity contribution in [3.63, 3.8) is 0 Å². The van der Waals surface area contributed by atoms with Crippen molar-refractivity contribution < 1.29 is 5.11 Å². The molecule has 2 heteroatoms. The van der Waals surface area contributed by atoms with Crippen molar-refractivity contribution in [2.75, 3.05) is 20.6 Å². The highest BCUT2D eigenvalue weighted by molar-refractivity contribution is 4.77. The molecule has 0 amide bonds. The minimum Gasteiger partial charge on any atom is -0.393 e. The quantitative estimate of drug-likeness (QED) is 0.758. The van der Waals surface area contributed by atoms with E-state index in [1.54, 1.807) is 0 Å². The summed E-state index contributed by atoms with van der Waals surface area (Å²) in [6.07, 6.45) is 7.35. The van der Waals surface area contributed by atoms with E-state index in [-0.39, 0.29) is 6.10 Å². The van der Waals surface area contributed by atoms with Gasteiger partial charge in [0.25, 0.3) is 0 Å². The molecular formula is C13H27NO. The number of rotatable bonds is 5. The average molecular weight is 213 g/mol. The van der Waals surface area contributed by atoms with Crippen LogP contribution in [0.25, 0.3) is 0 Å². The topological polar surface area (TPSA) is 23.5 Å². The molecular weight excluding hydrogens is 186 g/mol. The molecule has 0 bridgehead atoms. The Balaban J connectivity index is 2.20. The van der Waals surface area contributed by atoms with Crippen LogP contribution in [0, 0.1) is 11.8 Å². The molecule has 1 N–H and O–H groups in total.